The monoisotopic (exact) mass is 383 g/mol. The van der Waals surface area contributed by atoms with Crippen LogP contribution in [0.5, 0.6) is 0 Å². The Kier molecular flexibility index (Phi) is 6.32. The number of nitrogens with one attached hydrogen (secondary N) is 1. The lowest BCUT2D eigenvalue weighted by molar-refractivity contribution is -0.152. The summed E-state index contributed by atoms with van der Waals surface area (Å²) in [4.78, 5) is 45.0. The van der Waals surface area contributed by atoms with Gasteiger partial charge in [0.1, 0.15) is 16.2 Å². The summed E-state index contributed by atoms with van der Waals surface area (Å²) in [6.45, 7) is 5.36. The van der Waals surface area contributed by atoms with Crippen LogP contribution in [0.1, 0.15) is 17.4 Å². The van der Waals surface area contributed by atoms with E-state index in [2.05, 4.69) is 14.7 Å². The number of carbonyl (C=O) groups excluding carboxylic acids is 3. The van der Waals surface area contributed by atoms with Crippen LogP contribution in [0.3, 0.4) is 0 Å². The van der Waals surface area contributed by atoms with Crippen molar-refractivity contribution in [2.45, 2.75) is 31.9 Å². The third-order valence-electron chi connectivity index (χ3n) is 3.35. The molecule has 0 aliphatic heterocycles. The van der Waals surface area contributed by atoms with Gasteiger partial charge in [-0.25, -0.2) is 14.8 Å². The second kappa shape index (κ2) is 8.26. The first-order valence-corrected chi connectivity index (χ1v) is 9.05. The number of thioether (sulfide) groups is 1. The van der Waals surface area contributed by atoms with Crippen LogP contribution in [-0.4, -0.2) is 46.9 Å². The summed E-state index contributed by atoms with van der Waals surface area (Å²) in [5, 5.41) is 3.56. The minimum absolute atomic E-state index is 0.0176. The number of esters is 1. The van der Waals surface area contributed by atoms with E-state index in [1.54, 1.807) is 11.3 Å². The quantitative estimate of drug-likeness (QED) is 0.476. The highest BCUT2D eigenvalue weighted by Gasteiger charge is 2.21. The number of amides is 2. The SMILES string of the molecule is COC(=O)NC(=O)[C@H](C)OC(=O)CSc1ncnc2sc(C)c(C)c12. The molecule has 8 nitrogen and oxygen atoms in total. The molecule has 1 atom stereocenters. The van der Waals surface area contributed by atoms with E-state index >= 15 is 0 Å². The second-order valence-corrected chi connectivity index (χ2v) is 7.21. The van der Waals surface area contributed by atoms with Crippen molar-refractivity contribution in [1.29, 1.82) is 0 Å². The van der Waals surface area contributed by atoms with Gasteiger partial charge < -0.3 is 9.47 Å². The zero-order valence-electron chi connectivity index (χ0n) is 14.1. The third kappa shape index (κ3) is 4.67. The molecule has 0 aliphatic rings. The molecular formula is C15H17N3O5S2. The van der Waals surface area contributed by atoms with Crippen LogP contribution in [0.15, 0.2) is 11.4 Å². The van der Waals surface area contributed by atoms with E-state index in [1.165, 1.54) is 25.0 Å². The fraction of sp³-hybridized carbons (Fsp3) is 0.400. The van der Waals surface area contributed by atoms with E-state index < -0.39 is 24.1 Å². The Hall–Kier alpha value is -2.20. The van der Waals surface area contributed by atoms with Crippen molar-refractivity contribution in [2.24, 2.45) is 0 Å². The molecule has 10 heteroatoms. The number of methoxy groups -OCH3 is 1. The first-order valence-electron chi connectivity index (χ1n) is 7.25. The van der Waals surface area contributed by atoms with Gasteiger partial charge in [-0.15, -0.1) is 11.3 Å². The third-order valence-corrected chi connectivity index (χ3v) is 5.42. The maximum atomic E-state index is 11.9. The van der Waals surface area contributed by atoms with Crippen LogP contribution in [-0.2, 0) is 19.1 Å². The van der Waals surface area contributed by atoms with Gasteiger partial charge in [-0.1, -0.05) is 11.8 Å². The molecule has 2 heterocycles. The highest BCUT2D eigenvalue weighted by atomic mass is 32.2. The van der Waals surface area contributed by atoms with Crippen molar-refractivity contribution in [3.05, 3.63) is 16.8 Å². The molecule has 2 rings (SSSR count). The van der Waals surface area contributed by atoms with Crippen molar-refractivity contribution in [1.82, 2.24) is 15.3 Å². The molecule has 2 aromatic heterocycles. The maximum absolute atomic E-state index is 11.9. The van der Waals surface area contributed by atoms with Gasteiger partial charge in [0.25, 0.3) is 5.91 Å². The zero-order chi connectivity index (χ0) is 18.6. The molecule has 0 saturated carbocycles. The number of nitrogens with zero attached hydrogens (tertiary/aromatic N) is 2. The summed E-state index contributed by atoms with van der Waals surface area (Å²) in [6, 6.07) is 0. The lowest BCUT2D eigenvalue weighted by Gasteiger charge is -2.12. The van der Waals surface area contributed by atoms with Crippen LogP contribution in [0.4, 0.5) is 4.79 Å². The molecule has 25 heavy (non-hydrogen) atoms. The first-order chi connectivity index (χ1) is 11.8. The molecule has 0 unspecified atom stereocenters. The van der Waals surface area contributed by atoms with Crippen molar-refractivity contribution in [2.75, 3.05) is 12.9 Å². The van der Waals surface area contributed by atoms with Gasteiger partial charge in [-0.05, 0) is 26.3 Å². The van der Waals surface area contributed by atoms with Crippen LogP contribution >= 0.6 is 23.1 Å². The van der Waals surface area contributed by atoms with Gasteiger partial charge in [0.15, 0.2) is 6.10 Å². The number of hydrogen-bond acceptors (Lipinski definition) is 9. The summed E-state index contributed by atoms with van der Waals surface area (Å²) in [5.74, 6) is -1.36. The highest BCUT2D eigenvalue weighted by molar-refractivity contribution is 8.00. The van der Waals surface area contributed by atoms with E-state index in [0.29, 0.717) is 5.03 Å². The van der Waals surface area contributed by atoms with Crippen molar-refractivity contribution in [3.8, 4) is 0 Å². The van der Waals surface area contributed by atoms with E-state index in [1.807, 2.05) is 19.2 Å². The van der Waals surface area contributed by atoms with Crippen LogP contribution in [0.2, 0.25) is 0 Å². The summed E-state index contributed by atoms with van der Waals surface area (Å²) < 4.78 is 9.31. The molecule has 0 saturated heterocycles. The Bertz CT molecular complexity index is 821. The highest BCUT2D eigenvalue weighted by Crippen LogP contribution is 2.34. The van der Waals surface area contributed by atoms with E-state index in [4.69, 9.17) is 4.74 Å². The predicted octanol–water partition coefficient (Wildman–Crippen LogP) is 2.21. The number of hydrogen-bond donors (Lipinski definition) is 1. The number of alkyl carbamates (subject to hydrolysis) is 1. The van der Waals surface area contributed by atoms with E-state index in [-0.39, 0.29) is 5.75 Å². The van der Waals surface area contributed by atoms with Gasteiger partial charge in [0.05, 0.1) is 12.9 Å². The topological polar surface area (TPSA) is 107 Å². The summed E-state index contributed by atoms with van der Waals surface area (Å²) >= 11 is 2.79. The van der Waals surface area contributed by atoms with Crippen LogP contribution < -0.4 is 5.32 Å². The average molecular weight is 383 g/mol. The van der Waals surface area contributed by atoms with Crippen molar-refractivity contribution < 1.29 is 23.9 Å². The molecule has 2 amide bonds. The molecule has 2 aromatic rings. The van der Waals surface area contributed by atoms with Crippen LogP contribution in [0, 0.1) is 13.8 Å². The van der Waals surface area contributed by atoms with E-state index in [0.717, 1.165) is 27.8 Å². The maximum Gasteiger partial charge on any atom is 0.413 e. The molecule has 0 fully saturated rings. The van der Waals surface area contributed by atoms with Gasteiger partial charge in [-0.2, -0.15) is 0 Å². The zero-order valence-corrected chi connectivity index (χ0v) is 15.7. The number of rotatable bonds is 5. The number of ether oxygens (including phenoxy) is 2. The van der Waals surface area contributed by atoms with Gasteiger partial charge in [0, 0.05) is 10.3 Å². The molecule has 0 radical (unpaired) electrons. The van der Waals surface area contributed by atoms with Gasteiger partial charge in [-0.3, -0.25) is 14.9 Å². The van der Waals surface area contributed by atoms with Crippen molar-refractivity contribution >= 4 is 51.3 Å². The number of carbonyl (C=O) groups is 3. The Balaban J connectivity index is 1.96. The number of imide groups is 1. The molecule has 0 bridgehead atoms. The minimum Gasteiger partial charge on any atom is -0.453 e. The first kappa shape index (κ1) is 19.1. The largest absolute Gasteiger partial charge is 0.453 e. The summed E-state index contributed by atoms with van der Waals surface area (Å²) in [5.41, 5.74) is 1.09. The van der Waals surface area contributed by atoms with Crippen molar-refractivity contribution in [3.63, 3.8) is 0 Å². The normalized spacial score (nSPS) is 11.8. The van der Waals surface area contributed by atoms with Gasteiger partial charge >= 0.3 is 12.1 Å². The fourth-order valence-corrected chi connectivity index (χ4v) is 3.82. The molecule has 134 valence electrons. The number of aryl methyl sites for hydroxylation is 2. The van der Waals surface area contributed by atoms with Crippen LogP contribution in [0.25, 0.3) is 10.2 Å². The summed E-state index contributed by atoms with van der Waals surface area (Å²) in [7, 11) is 1.13. The molecule has 0 spiro atoms. The molecular weight excluding hydrogens is 366 g/mol. The lowest BCUT2D eigenvalue weighted by atomic mass is 10.2. The Morgan fingerprint density at radius 1 is 1.32 bits per heavy atom. The van der Waals surface area contributed by atoms with Gasteiger partial charge in [0.2, 0.25) is 0 Å². The predicted molar refractivity (Wildman–Crippen MR) is 93.7 cm³/mol. The standard InChI is InChI=1S/C15H17N3O5S2/c1-7-9(3)25-14-11(7)13(16-6-17-14)24-5-10(19)23-8(2)12(20)18-15(21)22-4/h6,8H,5H2,1-4H3,(H,18,20,21)/t8-/m0/s1. The molecule has 1 N–H and O–H groups in total. The average Bonchev–Trinajstić information content (AvgIpc) is 2.87. The number of aromatic nitrogens is 2. The Morgan fingerprint density at radius 2 is 2.04 bits per heavy atom. The summed E-state index contributed by atoms with van der Waals surface area (Å²) in [6.07, 6.45) is -0.561. The molecule has 0 aromatic carbocycles. The fourth-order valence-electron chi connectivity index (χ4n) is 1.92. The Labute approximate surface area is 152 Å². The molecule has 0 aliphatic carbocycles. The lowest BCUT2D eigenvalue weighted by Crippen LogP contribution is -2.39. The minimum atomic E-state index is -1.11. The Morgan fingerprint density at radius 3 is 2.72 bits per heavy atom. The van der Waals surface area contributed by atoms with E-state index in [9.17, 15) is 14.4 Å². The second-order valence-electron chi connectivity index (χ2n) is 5.04. The number of thiophene rings is 1. The smallest absolute Gasteiger partial charge is 0.413 e. The number of fused-ring (bicyclic) bond motifs is 1.